The summed E-state index contributed by atoms with van der Waals surface area (Å²) in [5.74, 6) is -1.43. The Kier molecular flexibility index (Phi) is 3.34. The molecule has 6 heteroatoms. The van der Waals surface area contributed by atoms with E-state index in [-0.39, 0.29) is 11.4 Å². The smallest absolute Gasteiger partial charge is 0.307 e. The molecule has 0 atom stereocenters. The Hall–Kier alpha value is -1.88. The van der Waals surface area contributed by atoms with Crippen molar-refractivity contribution in [2.24, 2.45) is 0 Å². The van der Waals surface area contributed by atoms with Crippen molar-refractivity contribution in [3.63, 3.8) is 0 Å². The predicted octanol–water partition coefficient (Wildman–Crippen LogP) is 2.60. The first-order valence-electron chi connectivity index (χ1n) is 5.19. The number of halogens is 2. The van der Waals surface area contributed by atoms with E-state index in [1.54, 1.807) is 13.1 Å². The normalized spacial score (nSPS) is 10.6. The average molecular weight is 269 g/mol. The Labute approximate surface area is 108 Å². The molecule has 0 saturated heterocycles. The molecule has 0 saturated carbocycles. The second-order valence-electron chi connectivity index (χ2n) is 3.85. The van der Waals surface area contributed by atoms with Crippen LogP contribution >= 0.6 is 11.6 Å². The average Bonchev–Trinajstić information content (AvgIpc) is 2.63. The summed E-state index contributed by atoms with van der Waals surface area (Å²) in [6.45, 7) is 1.72. The standard InChI is InChI=1S/C12H10ClFN2O2/c1-7-8(4-12(17)18)6-16(15-7)9-2-3-11(14)10(13)5-9/h2-3,5-6H,4H2,1H3,(H,17,18). The summed E-state index contributed by atoms with van der Waals surface area (Å²) in [6.07, 6.45) is 1.51. The van der Waals surface area contributed by atoms with Crippen LogP contribution < -0.4 is 0 Å². The molecule has 0 aliphatic carbocycles. The van der Waals surface area contributed by atoms with E-state index in [9.17, 15) is 9.18 Å². The number of aromatic nitrogens is 2. The highest BCUT2D eigenvalue weighted by molar-refractivity contribution is 6.30. The number of aryl methyl sites for hydroxylation is 1. The van der Waals surface area contributed by atoms with Crippen LogP contribution in [-0.4, -0.2) is 20.9 Å². The van der Waals surface area contributed by atoms with Gasteiger partial charge in [-0.1, -0.05) is 11.6 Å². The number of rotatable bonds is 3. The Bertz CT molecular complexity index is 610. The van der Waals surface area contributed by atoms with Crippen LogP contribution in [0.15, 0.2) is 24.4 Å². The van der Waals surface area contributed by atoms with Gasteiger partial charge in [0, 0.05) is 11.8 Å². The summed E-state index contributed by atoms with van der Waals surface area (Å²) >= 11 is 5.68. The third-order valence-corrected chi connectivity index (χ3v) is 2.80. The molecule has 0 fully saturated rings. The molecule has 1 aromatic carbocycles. The van der Waals surface area contributed by atoms with Crippen molar-refractivity contribution in [2.45, 2.75) is 13.3 Å². The third kappa shape index (κ3) is 2.51. The van der Waals surface area contributed by atoms with Gasteiger partial charge in [0.2, 0.25) is 0 Å². The number of aliphatic carboxylic acids is 1. The number of nitrogens with zero attached hydrogens (tertiary/aromatic N) is 2. The highest BCUT2D eigenvalue weighted by Gasteiger charge is 2.10. The van der Waals surface area contributed by atoms with E-state index in [1.807, 2.05) is 0 Å². The SMILES string of the molecule is Cc1nn(-c2ccc(F)c(Cl)c2)cc1CC(=O)O. The molecule has 0 bridgehead atoms. The lowest BCUT2D eigenvalue weighted by Crippen LogP contribution is -2.00. The van der Waals surface area contributed by atoms with Gasteiger partial charge >= 0.3 is 5.97 Å². The molecule has 4 nitrogen and oxygen atoms in total. The number of hydrogen-bond donors (Lipinski definition) is 1. The minimum Gasteiger partial charge on any atom is -0.481 e. The molecular weight excluding hydrogens is 259 g/mol. The van der Waals surface area contributed by atoms with E-state index in [0.717, 1.165) is 0 Å². The zero-order chi connectivity index (χ0) is 13.3. The summed E-state index contributed by atoms with van der Waals surface area (Å²) in [7, 11) is 0. The van der Waals surface area contributed by atoms with Crippen LogP contribution in [0.2, 0.25) is 5.02 Å². The van der Waals surface area contributed by atoms with E-state index in [4.69, 9.17) is 16.7 Å². The zero-order valence-electron chi connectivity index (χ0n) is 9.52. The molecule has 0 aliphatic heterocycles. The molecular formula is C12H10ClFN2O2. The van der Waals surface area contributed by atoms with Crippen LogP contribution in [0.1, 0.15) is 11.3 Å². The second kappa shape index (κ2) is 4.78. The van der Waals surface area contributed by atoms with Gasteiger partial charge in [0.15, 0.2) is 0 Å². The summed E-state index contributed by atoms with van der Waals surface area (Å²) in [5.41, 5.74) is 1.82. The van der Waals surface area contributed by atoms with Gasteiger partial charge in [0.25, 0.3) is 0 Å². The van der Waals surface area contributed by atoms with Crippen molar-refractivity contribution in [3.05, 3.63) is 46.5 Å². The molecule has 18 heavy (non-hydrogen) atoms. The van der Waals surface area contributed by atoms with Gasteiger partial charge in [-0.3, -0.25) is 4.79 Å². The van der Waals surface area contributed by atoms with Crippen molar-refractivity contribution < 1.29 is 14.3 Å². The molecule has 2 aromatic rings. The first kappa shape index (κ1) is 12.6. The van der Waals surface area contributed by atoms with E-state index in [1.165, 1.54) is 22.9 Å². The highest BCUT2D eigenvalue weighted by Crippen LogP contribution is 2.19. The maximum Gasteiger partial charge on any atom is 0.307 e. The fourth-order valence-electron chi connectivity index (χ4n) is 1.59. The molecule has 2 rings (SSSR count). The first-order valence-corrected chi connectivity index (χ1v) is 5.57. The molecule has 0 unspecified atom stereocenters. The van der Waals surface area contributed by atoms with Crippen molar-refractivity contribution in [1.82, 2.24) is 9.78 Å². The summed E-state index contributed by atoms with van der Waals surface area (Å²) < 4.78 is 14.5. The Balaban J connectivity index is 2.39. The molecule has 0 spiro atoms. The second-order valence-corrected chi connectivity index (χ2v) is 4.26. The van der Waals surface area contributed by atoms with Gasteiger partial charge in [-0.15, -0.1) is 0 Å². The molecule has 1 N–H and O–H groups in total. The lowest BCUT2D eigenvalue weighted by molar-refractivity contribution is -0.136. The van der Waals surface area contributed by atoms with Crippen LogP contribution in [0.25, 0.3) is 5.69 Å². The Morgan fingerprint density at radius 1 is 1.56 bits per heavy atom. The van der Waals surface area contributed by atoms with E-state index in [0.29, 0.717) is 16.9 Å². The van der Waals surface area contributed by atoms with Gasteiger partial charge < -0.3 is 5.11 Å². The summed E-state index contributed by atoms with van der Waals surface area (Å²) in [4.78, 5) is 10.7. The topological polar surface area (TPSA) is 55.1 Å². The Morgan fingerprint density at radius 3 is 2.89 bits per heavy atom. The van der Waals surface area contributed by atoms with Gasteiger partial charge in [-0.05, 0) is 25.1 Å². The van der Waals surface area contributed by atoms with E-state index >= 15 is 0 Å². The predicted molar refractivity (Wildman–Crippen MR) is 64.6 cm³/mol. The number of carboxylic acid groups (broad SMARTS) is 1. The quantitative estimate of drug-likeness (QED) is 0.931. The summed E-state index contributed by atoms with van der Waals surface area (Å²) in [6, 6.07) is 4.21. The van der Waals surface area contributed by atoms with Crippen LogP contribution in [0, 0.1) is 12.7 Å². The van der Waals surface area contributed by atoms with Gasteiger partial charge in [0.1, 0.15) is 5.82 Å². The lowest BCUT2D eigenvalue weighted by atomic mass is 10.2. The molecule has 0 amide bonds. The van der Waals surface area contributed by atoms with Gasteiger partial charge in [-0.2, -0.15) is 5.10 Å². The van der Waals surface area contributed by atoms with Gasteiger partial charge in [-0.25, -0.2) is 9.07 Å². The molecule has 1 aromatic heterocycles. The highest BCUT2D eigenvalue weighted by atomic mass is 35.5. The minimum absolute atomic E-state index is 0.000405. The van der Waals surface area contributed by atoms with E-state index < -0.39 is 11.8 Å². The first-order chi connectivity index (χ1) is 8.47. The van der Waals surface area contributed by atoms with Crippen LogP contribution in [0.3, 0.4) is 0 Å². The number of hydrogen-bond acceptors (Lipinski definition) is 2. The largest absolute Gasteiger partial charge is 0.481 e. The van der Waals surface area contributed by atoms with Crippen molar-refractivity contribution in [3.8, 4) is 5.69 Å². The zero-order valence-corrected chi connectivity index (χ0v) is 10.3. The molecule has 1 heterocycles. The fourth-order valence-corrected chi connectivity index (χ4v) is 1.77. The maximum absolute atomic E-state index is 13.0. The fraction of sp³-hybridized carbons (Fsp3) is 0.167. The third-order valence-electron chi connectivity index (χ3n) is 2.51. The van der Waals surface area contributed by atoms with Crippen molar-refractivity contribution in [2.75, 3.05) is 0 Å². The molecule has 94 valence electrons. The van der Waals surface area contributed by atoms with Crippen LogP contribution in [-0.2, 0) is 11.2 Å². The Morgan fingerprint density at radius 2 is 2.28 bits per heavy atom. The van der Waals surface area contributed by atoms with Crippen LogP contribution in [0.4, 0.5) is 4.39 Å². The molecule has 0 radical (unpaired) electrons. The van der Waals surface area contributed by atoms with Gasteiger partial charge in [0.05, 0.1) is 22.8 Å². The van der Waals surface area contributed by atoms with Crippen LogP contribution in [0.5, 0.6) is 0 Å². The number of benzene rings is 1. The maximum atomic E-state index is 13.0. The minimum atomic E-state index is -0.921. The lowest BCUT2D eigenvalue weighted by Gasteiger charge is -2.02. The van der Waals surface area contributed by atoms with Crippen molar-refractivity contribution >= 4 is 17.6 Å². The monoisotopic (exact) mass is 268 g/mol. The van der Waals surface area contributed by atoms with E-state index in [2.05, 4.69) is 5.10 Å². The molecule has 0 aliphatic rings. The number of carboxylic acids is 1. The number of carbonyl (C=O) groups is 1. The summed E-state index contributed by atoms with van der Waals surface area (Å²) in [5, 5.41) is 12.9. The van der Waals surface area contributed by atoms with Crippen molar-refractivity contribution in [1.29, 1.82) is 0 Å².